The number of carbonyl (C=O) groups is 2. The minimum absolute atomic E-state index is 0.148. The number of H-pyrrole nitrogens is 1. The zero-order valence-electron chi connectivity index (χ0n) is 14.0. The number of ether oxygens (including phenoxy) is 1. The first-order valence-electron chi connectivity index (χ1n) is 8.17. The molecule has 0 atom stereocenters. The number of rotatable bonds is 7. The maximum absolute atomic E-state index is 12.3. The first kappa shape index (κ1) is 17.3. The molecule has 2 amide bonds. The lowest BCUT2D eigenvalue weighted by atomic mass is 10.1. The second-order valence-corrected chi connectivity index (χ2v) is 5.64. The van der Waals surface area contributed by atoms with Gasteiger partial charge in [0.15, 0.2) is 0 Å². The highest BCUT2D eigenvalue weighted by Crippen LogP contribution is 2.27. The quantitative estimate of drug-likeness (QED) is 0.490. The van der Waals surface area contributed by atoms with Gasteiger partial charge in [0.1, 0.15) is 12.4 Å². The van der Waals surface area contributed by atoms with Crippen molar-refractivity contribution in [2.45, 2.75) is 6.61 Å². The Hall–Kier alpha value is -3.48. The fraction of sp³-hybridized carbons (Fsp3) is 0.158. The summed E-state index contributed by atoms with van der Waals surface area (Å²) in [6.07, 6.45) is 0.506. The highest BCUT2D eigenvalue weighted by Gasteiger charge is 2.14. The molecule has 3 rings (SSSR count). The van der Waals surface area contributed by atoms with E-state index in [4.69, 9.17) is 9.84 Å². The van der Waals surface area contributed by atoms with Crippen LogP contribution in [0.15, 0.2) is 54.7 Å². The van der Waals surface area contributed by atoms with Gasteiger partial charge in [0.25, 0.3) is 5.91 Å². The molecule has 3 aromatic rings. The van der Waals surface area contributed by atoms with Crippen LogP contribution in [-0.2, 0) is 6.61 Å². The van der Waals surface area contributed by atoms with Crippen molar-refractivity contribution in [3.05, 3.63) is 65.9 Å². The number of aromatic nitrogens is 1. The van der Waals surface area contributed by atoms with E-state index in [-0.39, 0.29) is 19.0 Å². The average molecular weight is 353 g/mol. The number of benzene rings is 2. The summed E-state index contributed by atoms with van der Waals surface area (Å²) in [5.74, 6) is 0.390. The fourth-order valence-corrected chi connectivity index (χ4v) is 2.61. The average Bonchev–Trinajstić information content (AvgIpc) is 3.09. The van der Waals surface area contributed by atoms with Crippen molar-refractivity contribution in [3.63, 3.8) is 0 Å². The lowest BCUT2D eigenvalue weighted by molar-refractivity contribution is 0.0955. The molecule has 134 valence electrons. The number of para-hydroxylation sites is 1. The van der Waals surface area contributed by atoms with Crippen LogP contribution >= 0.6 is 0 Å². The van der Waals surface area contributed by atoms with Crippen molar-refractivity contribution in [3.8, 4) is 5.75 Å². The third-order valence-electron chi connectivity index (χ3n) is 3.85. The van der Waals surface area contributed by atoms with Crippen LogP contribution in [-0.4, -0.2) is 35.2 Å². The van der Waals surface area contributed by atoms with Gasteiger partial charge in [-0.25, -0.2) is 4.79 Å². The molecule has 0 radical (unpaired) electrons. The summed E-state index contributed by atoms with van der Waals surface area (Å²) in [4.78, 5) is 25.8. The molecule has 0 saturated carbocycles. The number of carboxylic acid groups (broad SMARTS) is 1. The first-order chi connectivity index (χ1) is 12.6. The normalized spacial score (nSPS) is 10.5. The van der Waals surface area contributed by atoms with Crippen LogP contribution in [0.1, 0.15) is 15.9 Å². The molecule has 2 aromatic carbocycles. The lowest BCUT2D eigenvalue weighted by Gasteiger charge is -2.08. The number of fused-ring (bicyclic) bond motifs is 1. The third-order valence-corrected chi connectivity index (χ3v) is 3.85. The van der Waals surface area contributed by atoms with Gasteiger partial charge in [0.2, 0.25) is 0 Å². The predicted octanol–water partition coefficient (Wildman–Crippen LogP) is 2.74. The summed E-state index contributed by atoms with van der Waals surface area (Å²) in [6.45, 7) is 0.790. The molecule has 0 spiro atoms. The minimum atomic E-state index is -1.12. The summed E-state index contributed by atoms with van der Waals surface area (Å²) in [7, 11) is 0. The van der Waals surface area contributed by atoms with E-state index in [0.717, 1.165) is 16.5 Å². The number of nitrogens with one attached hydrogen (secondary N) is 3. The van der Waals surface area contributed by atoms with Crippen molar-refractivity contribution in [2.75, 3.05) is 13.1 Å². The van der Waals surface area contributed by atoms with E-state index in [0.29, 0.717) is 17.9 Å². The molecule has 0 bridgehead atoms. The highest BCUT2D eigenvalue weighted by molar-refractivity contribution is 6.07. The van der Waals surface area contributed by atoms with E-state index in [1.54, 1.807) is 6.20 Å². The summed E-state index contributed by atoms with van der Waals surface area (Å²) in [5.41, 5.74) is 2.29. The number of hydrogen-bond acceptors (Lipinski definition) is 3. The summed E-state index contributed by atoms with van der Waals surface area (Å²) < 4.78 is 5.89. The van der Waals surface area contributed by atoms with E-state index < -0.39 is 6.09 Å². The summed E-state index contributed by atoms with van der Waals surface area (Å²) in [5, 5.41) is 14.2. The van der Waals surface area contributed by atoms with Crippen molar-refractivity contribution in [1.29, 1.82) is 0 Å². The first-order valence-corrected chi connectivity index (χ1v) is 8.17. The van der Waals surface area contributed by atoms with Gasteiger partial charge in [-0.05, 0) is 11.6 Å². The molecule has 0 aliphatic heterocycles. The summed E-state index contributed by atoms with van der Waals surface area (Å²) >= 11 is 0. The van der Waals surface area contributed by atoms with Gasteiger partial charge in [0, 0.05) is 24.7 Å². The van der Waals surface area contributed by atoms with Gasteiger partial charge < -0.3 is 25.5 Å². The molecular formula is C19H19N3O4. The molecule has 0 aliphatic rings. The second kappa shape index (κ2) is 8.06. The zero-order chi connectivity index (χ0) is 18.4. The van der Waals surface area contributed by atoms with E-state index in [2.05, 4.69) is 15.6 Å². The van der Waals surface area contributed by atoms with Crippen LogP contribution in [0.25, 0.3) is 10.9 Å². The van der Waals surface area contributed by atoms with Gasteiger partial charge in [0.05, 0.1) is 11.1 Å². The van der Waals surface area contributed by atoms with Gasteiger partial charge in [-0.3, -0.25) is 4.79 Å². The van der Waals surface area contributed by atoms with Crippen LogP contribution < -0.4 is 15.4 Å². The largest absolute Gasteiger partial charge is 0.487 e. The van der Waals surface area contributed by atoms with Crippen LogP contribution in [0.3, 0.4) is 0 Å². The Kier molecular flexibility index (Phi) is 5.38. The Balaban J connectivity index is 1.69. The fourth-order valence-electron chi connectivity index (χ4n) is 2.61. The smallest absolute Gasteiger partial charge is 0.404 e. The standard InChI is InChI=1S/C19H19N3O4/c23-18(20-9-10-21-19(24)25)15-11-22-17-14(15)7-4-8-16(17)26-12-13-5-2-1-3-6-13/h1-8,11,21-22H,9-10,12H2,(H,20,23)(H,24,25). The molecule has 0 saturated heterocycles. The maximum atomic E-state index is 12.3. The summed E-state index contributed by atoms with van der Waals surface area (Å²) in [6, 6.07) is 15.3. The highest BCUT2D eigenvalue weighted by atomic mass is 16.5. The zero-order valence-corrected chi connectivity index (χ0v) is 14.0. The van der Waals surface area contributed by atoms with Crippen LogP contribution in [0, 0.1) is 0 Å². The van der Waals surface area contributed by atoms with Gasteiger partial charge in [-0.2, -0.15) is 0 Å². The molecule has 0 fully saturated rings. The van der Waals surface area contributed by atoms with E-state index in [1.807, 2.05) is 48.5 Å². The molecule has 0 unspecified atom stereocenters. The van der Waals surface area contributed by atoms with Gasteiger partial charge in [-0.15, -0.1) is 0 Å². The van der Waals surface area contributed by atoms with E-state index >= 15 is 0 Å². The molecule has 1 heterocycles. The molecule has 1 aromatic heterocycles. The Bertz CT molecular complexity index is 906. The Labute approximate surface area is 150 Å². The van der Waals surface area contributed by atoms with Crippen molar-refractivity contribution >= 4 is 22.9 Å². The third kappa shape index (κ3) is 4.13. The SMILES string of the molecule is O=C(O)NCCNC(=O)c1c[nH]c2c(OCc3ccccc3)cccc12. The Morgan fingerprint density at radius 3 is 2.54 bits per heavy atom. The van der Waals surface area contributed by atoms with Gasteiger partial charge in [-0.1, -0.05) is 42.5 Å². The number of hydrogen-bond donors (Lipinski definition) is 4. The molecule has 0 aliphatic carbocycles. The number of carbonyl (C=O) groups excluding carboxylic acids is 1. The van der Waals surface area contributed by atoms with Crippen LogP contribution in [0.4, 0.5) is 4.79 Å². The van der Waals surface area contributed by atoms with Crippen LogP contribution in [0.2, 0.25) is 0 Å². The second-order valence-electron chi connectivity index (χ2n) is 5.64. The van der Waals surface area contributed by atoms with Crippen LogP contribution in [0.5, 0.6) is 5.75 Å². The minimum Gasteiger partial charge on any atom is -0.487 e. The van der Waals surface area contributed by atoms with Gasteiger partial charge >= 0.3 is 6.09 Å². The molecule has 26 heavy (non-hydrogen) atoms. The lowest BCUT2D eigenvalue weighted by Crippen LogP contribution is -2.33. The molecule has 7 heteroatoms. The van der Waals surface area contributed by atoms with Crippen molar-refractivity contribution in [2.24, 2.45) is 0 Å². The number of amides is 2. The molecular weight excluding hydrogens is 334 g/mol. The Morgan fingerprint density at radius 1 is 1.00 bits per heavy atom. The molecule has 4 N–H and O–H groups in total. The monoisotopic (exact) mass is 353 g/mol. The maximum Gasteiger partial charge on any atom is 0.404 e. The topological polar surface area (TPSA) is 103 Å². The van der Waals surface area contributed by atoms with E-state index in [9.17, 15) is 9.59 Å². The number of aromatic amines is 1. The van der Waals surface area contributed by atoms with E-state index in [1.165, 1.54) is 0 Å². The molecule has 7 nitrogen and oxygen atoms in total. The van der Waals surface area contributed by atoms with Crippen molar-refractivity contribution in [1.82, 2.24) is 15.6 Å². The predicted molar refractivity (Wildman–Crippen MR) is 97.4 cm³/mol. The van der Waals surface area contributed by atoms with Crippen molar-refractivity contribution < 1.29 is 19.4 Å². The Morgan fingerprint density at radius 2 is 1.77 bits per heavy atom.